The summed E-state index contributed by atoms with van der Waals surface area (Å²) in [6, 6.07) is 15.3. The minimum Gasteiger partial charge on any atom is -0.361 e. The Morgan fingerprint density at radius 3 is 2.88 bits per heavy atom. The average Bonchev–Trinajstić information content (AvgIpc) is 3.54. The fourth-order valence-electron chi connectivity index (χ4n) is 5.41. The zero-order valence-electron chi connectivity index (χ0n) is 17.3. The minimum absolute atomic E-state index is 0.0732. The maximum atomic E-state index is 13.4. The number of anilines is 1. The number of hydrogen-bond donors (Lipinski definition) is 2. The van der Waals surface area contributed by atoms with Crippen LogP contribution in [-0.4, -0.2) is 41.6 Å². The van der Waals surface area contributed by atoms with Gasteiger partial charge >= 0.3 is 0 Å². The number of aromatic amines is 1. The van der Waals surface area contributed by atoms with Crippen molar-refractivity contribution in [1.29, 1.82) is 0 Å². The fourth-order valence-corrected chi connectivity index (χ4v) is 5.54. The van der Waals surface area contributed by atoms with Crippen LogP contribution in [0.25, 0.3) is 10.9 Å². The average molecular weight is 448 g/mol. The van der Waals surface area contributed by atoms with Crippen molar-refractivity contribution < 1.29 is 14.3 Å². The summed E-state index contributed by atoms with van der Waals surface area (Å²) in [6.45, 7) is 0.909. The molecular weight excluding hydrogens is 426 g/mol. The molecule has 2 bridgehead atoms. The predicted molar refractivity (Wildman–Crippen MR) is 123 cm³/mol. The van der Waals surface area contributed by atoms with Crippen LogP contribution in [0, 0.1) is 11.8 Å². The molecule has 4 atom stereocenters. The van der Waals surface area contributed by atoms with Gasteiger partial charge in [-0.05, 0) is 42.3 Å². The van der Waals surface area contributed by atoms with E-state index < -0.39 is 17.4 Å². The second kappa shape index (κ2) is 7.22. The first-order valence-electron chi connectivity index (χ1n) is 10.8. The molecule has 1 spiro atoms. The summed E-state index contributed by atoms with van der Waals surface area (Å²) in [4.78, 5) is 31.5. The monoisotopic (exact) mass is 447 g/mol. The Morgan fingerprint density at radius 1 is 1.22 bits per heavy atom. The number of aromatic nitrogens is 1. The Kier molecular flexibility index (Phi) is 4.42. The summed E-state index contributed by atoms with van der Waals surface area (Å²) in [5.41, 5.74) is 2.27. The number of amides is 2. The van der Waals surface area contributed by atoms with E-state index in [9.17, 15) is 9.59 Å². The van der Waals surface area contributed by atoms with E-state index in [1.165, 1.54) is 0 Å². The Hall–Kier alpha value is -3.09. The molecule has 2 saturated heterocycles. The zero-order chi connectivity index (χ0) is 21.9. The van der Waals surface area contributed by atoms with Crippen LogP contribution in [0.1, 0.15) is 5.56 Å². The smallest absolute Gasteiger partial charge is 0.234 e. The SMILES string of the molecule is O=C(NCCc1c[nH]c2ccccc12)C1C2C(=O)N(c3ccc(Cl)cc3)CC23C=C[C@@H]1O3. The third kappa shape index (κ3) is 2.90. The van der Waals surface area contributed by atoms with Crippen LogP contribution < -0.4 is 10.2 Å². The molecule has 7 heteroatoms. The van der Waals surface area contributed by atoms with Gasteiger partial charge in [-0.1, -0.05) is 42.0 Å². The predicted octanol–water partition coefficient (Wildman–Crippen LogP) is 3.47. The van der Waals surface area contributed by atoms with Crippen molar-refractivity contribution in [1.82, 2.24) is 10.3 Å². The van der Waals surface area contributed by atoms with E-state index in [4.69, 9.17) is 16.3 Å². The van der Waals surface area contributed by atoms with Crippen LogP contribution in [0.3, 0.4) is 0 Å². The number of nitrogens with zero attached hydrogens (tertiary/aromatic N) is 1. The number of benzene rings is 2. The van der Waals surface area contributed by atoms with Crippen molar-refractivity contribution in [3.8, 4) is 0 Å². The van der Waals surface area contributed by atoms with E-state index in [0.29, 0.717) is 24.5 Å². The van der Waals surface area contributed by atoms with Crippen molar-refractivity contribution in [2.24, 2.45) is 11.8 Å². The number of carbonyl (C=O) groups is 2. The Bertz CT molecular complexity index is 1250. The lowest BCUT2D eigenvalue weighted by atomic mass is 9.77. The van der Waals surface area contributed by atoms with Gasteiger partial charge in [-0.25, -0.2) is 0 Å². The molecule has 2 N–H and O–H groups in total. The maximum absolute atomic E-state index is 13.4. The zero-order valence-corrected chi connectivity index (χ0v) is 18.0. The molecule has 162 valence electrons. The molecule has 4 heterocycles. The highest BCUT2D eigenvalue weighted by atomic mass is 35.5. The second-order valence-electron chi connectivity index (χ2n) is 8.70. The van der Waals surface area contributed by atoms with Gasteiger partial charge in [0.1, 0.15) is 5.60 Å². The van der Waals surface area contributed by atoms with Gasteiger partial charge in [0, 0.05) is 34.4 Å². The molecule has 32 heavy (non-hydrogen) atoms. The Morgan fingerprint density at radius 2 is 2.03 bits per heavy atom. The molecule has 6 nitrogen and oxygen atoms in total. The van der Waals surface area contributed by atoms with Gasteiger partial charge in [0.05, 0.1) is 24.5 Å². The van der Waals surface area contributed by atoms with E-state index in [-0.39, 0.29) is 17.9 Å². The van der Waals surface area contributed by atoms with Crippen molar-refractivity contribution in [2.75, 3.05) is 18.0 Å². The highest BCUT2D eigenvalue weighted by Gasteiger charge is 2.67. The third-order valence-corrected chi connectivity index (χ3v) is 7.16. The van der Waals surface area contributed by atoms with Gasteiger partial charge < -0.3 is 19.9 Å². The van der Waals surface area contributed by atoms with E-state index in [1.54, 1.807) is 17.0 Å². The lowest BCUT2D eigenvalue weighted by Crippen LogP contribution is -2.44. The molecule has 3 unspecified atom stereocenters. The molecule has 3 aromatic rings. The van der Waals surface area contributed by atoms with Crippen LogP contribution in [0.2, 0.25) is 5.02 Å². The van der Waals surface area contributed by atoms with E-state index in [1.807, 2.05) is 48.7 Å². The molecule has 0 aliphatic carbocycles. The van der Waals surface area contributed by atoms with Gasteiger partial charge in [0.15, 0.2) is 0 Å². The largest absolute Gasteiger partial charge is 0.361 e. The van der Waals surface area contributed by atoms with Gasteiger partial charge in [-0.3, -0.25) is 9.59 Å². The highest BCUT2D eigenvalue weighted by Crippen LogP contribution is 2.52. The highest BCUT2D eigenvalue weighted by molar-refractivity contribution is 6.30. The maximum Gasteiger partial charge on any atom is 0.234 e. The number of para-hydroxylation sites is 1. The van der Waals surface area contributed by atoms with Gasteiger partial charge in [0.25, 0.3) is 0 Å². The molecular formula is C25H22ClN3O3. The molecule has 2 fully saturated rings. The number of ether oxygens (including phenoxy) is 1. The van der Waals surface area contributed by atoms with Crippen LogP contribution in [0.15, 0.2) is 66.9 Å². The van der Waals surface area contributed by atoms with Crippen molar-refractivity contribution in [3.05, 3.63) is 77.5 Å². The number of fused-ring (bicyclic) bond motifs is 2. The van der Waals surface area contributed by atoms with Crippen LogP contribution >= 0.6 is 11.6 Å². The second-order valence-corrected chi connectivity index (χ2v) is 9.14. The van der Waals surface area contributed by atoms with Gasteiger partial charge in [-0.2, -0.15) is 0 Å². The van der Waals surface area contributed by atoms with E-state index in [0.717, 1.165) is 22.2 Å². The number of hydrogen-bond acceptors (Lipinski definition) is 3. The molecule has 1 aromatic heterocycles. The number of halogens is 1. The molecule has 3 aliphatic heterocycles. The lowest BCUT2D eigenvalue weighted by molar-refractivity contribution is -0.131. The van der Waals surface area contributed by atoms with E-state index in [2.05, 4.69) is 16.4 Å². The van der Waals surface area contributed by atoms with Crippen LogP contribution in [0.4, 0.5) is 5.69 Å². The first-order valence-corrected chi connectivity index (χ1v) is 11.2. The summed E-state index contributed by atoms with van der Waals surface area (Å²) in [7, 11) is 0. The number of H-pyrrole nitrogens is 1. The lowest BCUT2D eigenvalue weighted by Gasteiger charge is -2.23. The first-order chi connectivity index (χ1) is 15.6. The topological polar surface area (TPSA) is 74.4 Å². The minimum atomic E-state index is -0.736. The molecule has 0 saturated carbocycles. The summed E-state index contributed by atoms with van der Waals surface area (Å²) < 4.78 is 6.21. The first kappa shape index (κ1) is 19.6. The van der Waals surface area contributed by atoms with Crippen molar-refractivity contribution in [2.45, 2.75) is 18.1 Å². The normalized spacial score (nSPS) is 28.0. The summed E-state index contributed by atoms with van der Waals surface area (Å²) in [5, 5.41) is 4.83. The van der Waals surface area contributed by atoms with Crippen molar-refractivity contribution >= 4 is 40.0 Å². The molecule has 2 amide bonds. The standard InChI is InChI=1S/C25H22ClN3O3/c26-16-5-7-17(8-6-16)29-14-25-11-9-20(32-25)21(22(25)24(29)31)23(30)27-12-10-15-13-28-19-4-2-1-3-18(15)19/h1-9,11,13,20-22,28H,10,12,14H2,(H,27,30)/t20-,21?,22?,25?/m0/s1. The van der Waals surface area contributed by atoms with Crippen LogP contribution in [0.5, 0.6) is 0 Å². The fraction of sp³-hybridized carbons (Fsp3) is 0.280. The van der Waals surface area contributed by atoms with E-state index >= 15 is 0 Å². The number of carbonyl (C=O) groups excluding carboxylic acids is 2. The Balaban J connectivity index is 1.18. The molecule has 0 radical (unpaired) electrons. The summed E-state index contributed by atoms with van der Waals surface area (Å²) in [5.74, 6) is -1.23. The molecule has 2 aromatic carbocycles. The quantitative estimate of drug-likeness (QED) is 0.588. The molecule has 3 aliphatic rings. The third-order valence-electron chi connectivity index (χ3n) is 6.91. The van der Waals surface area contributed by atoms with Crippen LogP contribution in [-0.2, 0) is 20.7 Å². The van der Waals surface area contributed by atoms with Gasteiger partial charge in [-0.15, -0.1) is 0 Å². The molecule has 6 rings (SSSR count). The summed E-state index contributed by atoms with van der Waals surface area (Å²) in [6.07, 6.45) is 6.24. The Labute approximate surface area is 190 Å². The van der Waals surface area contributed by atoms with Crippen molar-refractivity contribution in [3.63, 3.8) is 0 Å². The number of rotatable bonds is 5. The van der Waals surface area contributed by atoms with Gasteiger partial charge in [0.2, 0.25) is 11.8 Å². The number of nitrogens with one attached hydrogen (secondary N) is 2. The summed E-state index contributed by atoms with van der Waals surface area (Å²) >= 11 is 6.00.